The molecule has 1 amide bonds. The number of likely N-dealkylation sites (tertiary alicyclic amines) is 1. The number of pyridine rings is 1. The highest BCUT2D eigenvalue weighted by atomic mass is 16.6. The molecule has 1 aromatic heterocycles. The van der Waals surface area contributed by atoms with Crippen molar-refractivity contribution in [3.63, 3.8) is 0 Å². The number of nitrogens with zero attached hydrogens (tertiary/aromatic N) is 3. The summed E-state index contributed by atoms with van der Waals surface area (Å²) in [6.45, 7) is 8.14. The van der Waals surface area contributed by atoms with Crippen LogP contribution in [-0.4, -0.2) is 52.7 Å². The third-order valence-corrected chi connectivity index (χ3v) is 3.69. The molecule has 5 nitrogen and oxygen atoms in total. The Labute approximate surface area is 133 Å². The molecule has 1 aliphatic heterocycles. The van der Waals surface area contributed by atoms with Gasteiger partial charge < -0.3 is 9.64 Å². The van der Waals surface area contributed by atoms with Crippen molar-refractivity contribution in [3.05, 3.63) is 30.1 Å². The van der Waals surface area contributed by atoms with Gasteiger partial charge in [-0.2, -0.15) is 0 Å². The summed E-state index contributed by atoms with van der Waals surface area (Å²) in [6, 6.07) is 6.17. The van der Waals surface area contributed by atoms with E-state index in [1.807, 2.05) is 50.1 Å². The van der Waals surface area contributed by atoms with Gasteiger partial charge in [-0.1, -0.05) is 6.07 Å². The topological polar surface area (TPSA) is 45.7 Å². The molecule has 0 saturated carbocycles. The molecule has 2 heterocycles. The van der Waals surface area contributed by atoms with Gasteiger partial charge in [0.2, 0.25) is 0 Å². The second-order valence-electron chi connectivity index (χ2n) is 6.99. The summed E-state index contributed by atoms with van der Waals surface area (Å²) < 4.78 is 5.51. The monoisotopic (exact) mass is 305 g/mol. The normalized spacial score (nSPS) is 18.8. The SMILES string of the molecule is CN(Cc1ccccn1)CC1CCCN1C(=O)OC(C)(C)C. The Morgan fingerprint density at radius 2 is 2.23 bits per heavy atom. The van der Waals surface area contributed by atoms with Gasteiger partial charge in [-0.25, -0.2) is 4.79 Å². The van der Waals surface area contributed by atoms with E-state index in [1.165, 1.54) is 0 Å². The van der Waals surface area contributed by atoms with Crippen LogP contribution in [0.4, 0.5) is 4.79 Å². The van der Waals surface area contributed by atoms with Crippen LogP contribution in [0.25, 0.3) is 0 Å². The molecule has 1 fully saturated rings. The van der Waals surface area contributed by atoms with Crippen LogP contribution in [0.5, 0.6) is 0 Å². The van der Waals surface area contributed by atoms with Gasteiger partial charge in [0.1, 0.15) is 5.60 Å². The van der Waals surface area contributed by atoms with Gasteiger partial charge >= 0.3 is 6.09 Å². The minimum atomic E-state index is -0.440. The number of rotatable bonds is 4. The van der Waals surface area contributed by atoms with E-state index in [9.17, 15) is 4.79 Å². The molecule has 0 bridgehead atoms. The van der Waals surface area contributed by atoms with Crippen LogP contribution in [0.2, 0.25) is 0 Å². The Morgan fingerprint density at radius 3 is 2.86 bits per heavy atom. The van der Waals surface area contributed by atoms with Gasteiger partial charge in [0.15, 0.2) is 0 Å². The first-order valence-electron chi connectivity index (χ1n) is 7.93. The molecule has 1 atom stereocenters. The van der Waals surface area contributed by atoms with E-state index in [-0.39, 0.29) is 12.1 Å². The van der Waals surface area contributed by atoms with E-state index in [2.05, 4.69) is 16.9 Å². The van der Waals surface area contributed by atoms with Crippen LogP contribution in [0.15, 0.2) is 24.4 Å². The Balaban J connectivity index is 1.89. The number of carbonyl (C=O) groups is 1. The second-order valence-corrected chi connectivity index (χ2v) is 6.99. The molecule has 0 N–H and O–H groups in total. The van der Waals surface area contributed by atoms with Crippen LogP contribution in [0, 0.1) is 0 Å². The molecule has 1 aromatic rings. The fraction of sp³-hybridized carbons (Fsp3) is 0.647. The summed E-state index contributed by atoms with van der Waals surface area (Å²) in [5.41, 5.74) is 0.608. The summed E-state index contributed by atoms with van der Waals surface area (Å²) in [5.74, 6) is 0. The maximum Gasteiger partial charge on any atom is 0.410 e. The van der Waals surface area contributed by atoms with Crippen molar-refractivity contribution in [3.8, 4) is 0 Å². The summed E-state index contributed by atoms with van der Waals surface area (Å²) in [5, 5.41) is 0. The van der Waals surface area contributed by atoms with Crippen LogP contribution in [0.1, 0.15) is 39.3 Å². The number of amides is 1. The van der Waals surface area contributed by atoms with Crippen molar-refractivity contribution in [2.45, 2.75) is 51.8 Å². The van der Waals surface area contributed by atoms with Gasteiger partial charge in [-0.3, -0.25) is 9.88 Å². The Kier molecular flexibility index (Phi) is 5.40. The molecular weight excluding hydrogens is 278 g/mol. The third-order valence-electron chi connectivity index (χ3n) is 3.69. The van der Waals surface area contributed by atoms with Crippen molar-refractivity contribution in [2.24, 2.45) is 0 Å². The predicted molar refractivity (Wildman–Crippen MR) is 86.5 cm³/mol. The lowest BCUT2D eigenvalue weighted by atomic mass is 10.2. The van der Waals surface area contributed by atoms with E-state index in [0.29, 0.717) is 0 Å². The smallest absolute Gasteiger partial charge is 0.410 e. The molecule has 0 aromatic carbocycles. The second kappa shape index (κ2) is 7.09. The molecule has 122 valence electrons. The average Bonchev–Trinajstić information content (AvgIpc) is 2.86. The highest BCUT2D eigenvalue weighted by molar-refractivity contribution is 5.69. The standard InChI is InChI=1S/C17H27N3O2/c1-17(2,3)22-16(21)20-11-7-9-15(20)13-19(4)12-14-8-5-6-10-18-14/h5-6,8,10,15H,7,9,11-13H2,1-4H3. The number of likely N-dealkylation sites (N-methyl/N-ethyl adjacent to an activating group) is 1. The van der Waals surface area contributed by atoms with Crippen molar-refractivity contribution in [1.82, 2.24) is 14.8 Å². The maximum absolute atomic E-state index is 12.3. The predicted octanol–water partition coefficient (Wildman–Crippen LogP) is 2.91. The Morgan fingerprint density at radius 1 is 1.45 bits per heavy atom. The van der Waals surface area contributed by atoms with E-state index in [4.69, 9.17) is 4.74 Å². The lowest BCUT2D eigenvalue weighted by Gasteiger charge is -2.30. The summed E-state index contributed by atoms with van der Waals surface area (Å²) in [7, 11) is 2.07. The maximum atomic E-state index is 12.3. The highest BCUT2D eigenvalue weighted by Gasteiger charge is 2.32. The van der Waals surface area contributed by atoms with Gasteiger partial charge in [0.05, 0.1) is 5.69 Å². The van der Waals surface area contributed by atoms with Gasteiger partial charge in [-0.05, 0) is 52.8 Å². The molecule has 5 heteroatoms. The molecule has 1 unspecified atom stereocenters. The molecular formula is C17H27N3O2. The number of hydrogen-bond acceptors (Lipinski definition) is 4. The van der Waals surface area contributed by atoms with E-state index >= 15 is 0 Å². The minimum Gasteiger partial charge on any atom is -0.444 e. The minimum absolute atomic E-state index is 0.193. The van der Waals surface area contributed by atoms with Crippen LogP contribution < -0.4 is 0 Å². The number of aromatic nitrogens is 1. The summed E-state index contributed by atoms with van der Waals surface area (Å²) in [4.78, 5) is 20.7. The quantitative estimate of drug-likeness (QED) is 0.858. The fourth-order valence-corrected chi connectivity index (χ4v) is 2.78. The average molecular weight is 305 g/mol. The number of carbonyl (C=O) groups excluding carboxylic acids is 1. The van der Waals surface area contributed by atoms with Crippen LogP contribution >= 0.6 is 0 Å². The zero-order valence-corrected chi connectivity index (χ0v) is 14.1. The molecule has 0 aliphatic carbocycles. The summed E-state index contributed by atoms with van der Waals surface area (Å²) in [6.07, 6.45) is 3.69. The van der Waals surface area contributed by atoms with Crippen molar-refractivity contribution >= 4 is 6.09 Å². The van der Waals surface area contributed by atoms with E-state index < -0.39 is 5.60 Å². The highest BCUT2D eigenvalue weighted by Crippen LogP contribution is 2.21. The number of hydrogen-bond donors (Lipinski definition) is 0. The number of ether oxygens (including phenoxy) is 1. The van der Waals surface area contributed by atoms with E-state index in [0.717, 1.165) is 38.2 Å². The molecule has 0 spiro atoms. The fourth-order valence-electron chi connectivity index (χ4n) is 2.78. The van der Waals surface area contributed by atoms with Crippen molar-refractivity contribution in [1.29, 1.82) is 0 Å². The lowest BCUT2D eigenvalue weighted by molar-refractivity contribution is 0.0201. The molecule has 2 rings (SSSR count). The van der Waals surface area contributed by atoms with Gasteiger partial charge in [-0.15, -0.1) is 0 Å². The van der Waals surface area contributed by atoms with Crippen LogP contribution in [0.3, 0.4) is 0 Å². The Hall–Kier alpha value is -1.62. The zero-order chi connectivity index (χ0) is 16.2. The third kappa shape index (κ3) is 4.98. The first-order valence-corrected chi connectivity index (χ1v) is 7.93. The lowest BCUT2D eigenvalue weighted by Crippen LogP contribution is -2.44. The van der Waals surface area contributed by atoms with Crippen molar-refractivity contribution in [2.75, 3.05) is 20.1 Å². The van der Waals surface area contributed by atoms with Crippen molar-refractivity contribution < 1.29 is 9.53 Å². The van der Waals surface area contributed by atoms with Gasteiger partial charge in [0, 0.05) is 31.9 Å². The molecule has 22 heavy (non-hydrogen) atoms. The molecule has 0 radical (unpaired) electrons. The summed E-state index contributed by atoms with van der Waals surface area (Å²) >= 11 is 0. The van der Waals surface area contributed by atoms with Gasteiger partial charge in [0.25, 0.3) is 0 Å². The van der Waals surface area contributed by atoms with Crippen LogP contribution in [-0.2, 0) is 11.3 Å². The molecule has 1 saturated heterocycles. The molecule has 1 aliphatic rings. The Bertz CT molecular complexity index is 484. The first kappa shape index (κ1) is 16.7. The van der Waals surface area contributed by atoms with E-state index in [1.54, 1.807) is 0 Å². The largest absolute Gasteiger partial charge is 0.444 e. The first-order chi connectivity index (χ1) is 10.3. The zero-order valence-electron chi connectivity index (χ0n) is 14.1.